The van der Waals surface area contributed by atoms with E-state index in [9.17, 15) is 9.59 Å². The molecule has 7 nitrogen and oxygen atoms in total. The van der Waals surface area contributed by atoms with E-state index in [1.165, 1.54) is 11.3 Å². The molecule has 0 bridgehead atoms. The molecule has 2 aliphatic heterocycles. The first kappa shape index (κ1) is 15.1. The van der Waals surface area contributed by atoms with Crippen LogP contribution in [-0.4, -0.2) is 61.3 Å². The number of hydrogen-bond donors (Lipinski definition) is 1. The molecule has 0 radical (unpaired) electrons. The molecule has 0 spiro atoms. The minimum absolute atomic E-state index is 0.0581. The minimum Gasteiger partial charge on any atom is -0.443 e. The van der Waals surface area contributed by atoms with E-state index >= 15 is 0 Å². The van der Waals surface area contributed by atoms with Crippen molar-refractivity contribution in [2.24, 2.45) is 5.73 Å². The first-order chi connectivity index (χ1) is 10.6. The number of anilines is 1. The zero-order valence-electron chi connectivity index (χ0n) is 12.5. The standard InChI is InChI=1S/C14H20N4O3S/c1-16-3-2-4-17(13(16)19)7-10-5-12(22-9-10)18-8-11(6-15)21-14(18)20/h5,9,11H,2-4,6-8,15H2,1H3/t11-/m0/s1. The van der Waals surface area contributed by atoms with E-state index in [1.54, 1.807) is 9.80 Å². The minimum atomic E-state index is -0.349. The van der Waals surface area contributed by atoms with Crippen molar-refractivity contribution in [1.29, 1.82) is 0 Å². The smallest absolute Gasteiger partial charge is 0.415 e. The Balaban J connectivity index is 1.66. The Kier molecular flexibility index (Phi) is 4.21. The second kappa shape index (κ2) is 6.13. The summed E-state index contributed by atoms with van der Waals surface area (Å²) in [5.74, 6) is 0. The molecule has 2 aliphatic rings. The number of carbonyl (C=O) groups is 2. The lowest BCUT2D eigenvalue weighted by molar-refractivity contribution is 0.138. The summed E-state index contributed by atoms with van der Waals surface area (Å²) in [4.78, 5) is 29.1. The summed E-state index contributed by atoms with van der Waals surface area (Å²) < 4.78 is 5.17. The van der Waals surface area contributed by atoms with Gasteiger partial charge < -0.3 is 20.3 Å². The molecule has 1 aromatic rings. The van der Waals surface area contributed by atoms with Crippen molar-refractivity contribution in [3.05, 3.63) is 17.0 Å². The van der Waals surface area contributed by atoms with Crippen LogP contribution in [0.1, 0.15) is 12.0 Å². The van der Waals surface area contributed by atoms with Crippen molar-refractivity contribution < 1.29 is 14.3 Å². The molecular weight excluding hydrogens is 304 g/mol. The average molecular weight is 324 g/mol. The second-order valence-electron chi connectivity index (χ2n) is 5.62. The molecule has 3 rings (SSSR count). The third-order valence-corrected chi connectivity index (χ3v) is 4.94. The fourth-order valence-corrected chi connectivity index (χ4v) is 3.62. The Labute approximate surface area is 133 Å². The van der Waals surface area contributed by atoms with Gasteiger partial charge in [-0.15, -0.1) is 11.3 Å². The summed E-state index contributed by atoms with van der Waals surface area (Å²) >= 11 is 1.49. The molecule has 3 amide bonds. The number of rotatable bonds is 4. The Morgan fingerprint density at radius 1 is 1.41 bits per heavy atom. The highest BCUT2D eigenvalue weighted by atomic mass is 32.1. The molecule has 0 unspecified atom stereocenters. The number of nitrogens with two attached hydrogens (primary N) is 1. The Morgan fingerprint density at radius 2 is 2.23 bits per heavy atom. The molecule has 0 aliphatic carbocycles. The maximum Gasteiger partial charge on any atom is 0.415 e. The van der Waals surface area contributed by atoms with Crippen molar-refractivity contribution in [1.82, 2.24) is 9.80 Å². The van der Waals surface area contributed by atoms with E-state index in [-0.39, 0.29) is 18.2 Å². The molecule has 3 heterocycles. The SMILES string of the molecule is CN1CCCN(Cc2csc(N3C[C@H](CN)OC3=O)c2)C1=O. The van der Waals surface area contributed by atoms with Crippen LogP contribution in [0.5, 0.6) is 0 Å². The van der Waals surface area contributed by atoms with Gasteiger partial charge in [-0.3, -0.25) is 4.90 Å². The van der Waals surface area contributed by atoms with Crippen LogP contribution >= 0.6 is 11.3 Å². The highest BCUT2D eigenvalue weighted by molar-refractivity contribution is 7.14. The fourth-order valence-electron chi connectivity index (χ4n) is 2.71. The maximum absolute atomic E-state index is 12.1. The third kappa shape index (κ3) is 2.89. The molecule has 120 valence electrons. The molecule has 1 aromatic heterocycles. The number of hydrogen-bond acceptors (Lipinski definition) is 5. The average Bonchev–Trinajstić information content (AvgIpc) is 3.10. The van der Waals surface area contributed by atoms with E-state index in [0.29, 0.717) is 19.6 Å². The van der Waals surface area contributed by atoms with E-state index < -0.39 is 0 Å². The number of thiophene rings is 1. The van der Waals surface area contributed by atoms with Crippen LogP contribution in [0.15, 0.2) is 11.4 Å². The Bertz CT molecular complexity index is 576. The summed E-state index contributed by atoms with van der Waals surface area (Å²) in [5.41, 5.74) is 6.58. The lowest BCUT2D eigenvalue weighted by Gasteiger charge is -2.33. The summed E-state index contributed by atoms with van der Waals surface area (Å²) in [7, 11) is 1.82. The van der Waals surface area contributed by atoms with E-state index in [2.05, 4.69) is 0 Å². The van der Waals surface area contributed by atoms with Crippen molar-refractivity contribution in [3.8, 4) is 0 Å². The summed E-state index contributed by atoms with van der Waals surface area (Å²) in [6.45, 7) is 2.97. The summed E-state index contributed by atoms with van der Waals surface area (Å²) in [6.07, 6.45) is 0.392. The highest BCUT2D eigenvalue weighted by Crippen LogP contribution is 2.29. The van der Waals surface area contributed by atoms with Gasteiger partial charge in [0.1, 0.15) is 11.1 Å². The van der Waals surface area contributed by atoms with Gasteiger partial charge in [0.2, 0.25) is 0 Å². The topological polar surface area (TPSA) is 79.1 Å². The van der Waals surface area contributed by atoms with Gasteiger partial charge in [-0.1, -0.05) is 0 Å². The van der Waals surface area contributed by atoms with Crippen LogP contribution in [0.2, 0.25) is 0 Å². The van der Waals surface area contributed by atoms with Crippen LogP contribution in [0.25, 0.3) is 0 Å². The lowest BCUT2D eigenvalue weighted by Crippen LogP contribution is -2.46. The zero-order valence-corrected chi connectivity index (χ0v) is 13.3. The van der Waals surface area contributed by atoms with Crippen molar-refractivity contribution in [2.45, 2.75) is 19.1 Å². The van der Waals surface area contributed by atoms with Crippen LogP contribution in [0, 0.1) is 0 Å². The Morgan fingerprint density at radius 3 is 2.95 bits per heavy atom. The molecule has 2 saturated heterocycles. The molecule has 1 atom stereocenters. The molecule has 2 N–H and O–H groups in total. The molecule has 22 heavy (non-hydrogen) atoms. The van der Waals surface area contributed by atoms with Gasteiger partial charge in [0, 0.05) is 33.2 Å². The fraction of sp³-hybridized carbons (Fsp3) is 0.571. The molecule has 0 aromatic carbocycles. The molecule has 2 fully saturated rings. The number of carbonyl (C=O) groups excluding carboxylic acids is 2. The number of ether oxygens (including phenoxy) is 1. The van der Waals surface area contributed by atoms with E-state index in [4.69, 9.17) is 10.5 Å². The van der Waals surface area contributed by atoms with Gasteiger partial charge in [0.15, 0.2) is 0 Å². The van der Waals surface area contributed by atoms with Crippen molar-refractivity contribution >= 4 is 28.5 Å². The maximum atomic E-state index is 12.1. The first-order valence-electron chi connectivity index (χ1n) is 7.34. The van der Waals surface area contributed by atoms with Gasteiger partial charge in [-0.2, -0.15) is 0 Å². The van der Waals surface area contributed by atoms with E-state index in [1.807, 2.05) is 23.4 Å². The third-order valence-electron chi connectivity index (χ3n) is 3.93. The van der Waals surface area contributed by atoms with Crippen molar-refractivity contribution in [3.63, 3.8) is 0 Å². The van der Waals surface area contributed by atoms with Gasteiger partial charge in [0.25, 0.3) is 0 Å². The number of nitrogens with zero attached hydrogens (tertiary/aromatic N) is 3. The van der Waals surface area contributed by atoms with Crippen LogP contribution in [0.4, 0.5) is 14.6 Å². The zero-order chi connectivity index (χ0) is 15.7. The van der Waals surface area contributed by atoms with Crippen LogP contribution in [-0.2, 0) is 11.3 Å². The van der Waals surface area contributed by atoms with Gasteiger partial charge in [0.05, 0.1) is 6.54 Å². The summed E-state index contributed by atoms with van der Waals surface area (Å²) in [6, 6.07) is 2.01. The van der Waals surface area contributed by atoms with Crippen LogP contribution in [0.3, 0.4) is 0 Å². The first-order valence-corrected chi connectivity index (χ1v) is 8.22. The number of amides is 3. The molecule has 8 heteroatoms. The predicted octanol–water partition coefficient (Wildman–Crippen LogP) is 1.29. The van der Waals surface area contributed by atoms with Gasteiger partial charge in [-0.25, -0.2) is 9.59 Å². The monoisotopic (exact) mass is 324 g/mol. The highest BCUT2D eigenvalue weighted by Gasteiger charge is 2.32. The van der Waals surface area contributed by atoms with Crippen LogP contribution < -0.4 is 10.6 Å². The quantitative estimate of drug-likeness (QED) is 0.905. The molecular formula is C14H20N4O3S. The number of urea groups is 1. The van der Waals surface area contributed by atoms with Gasteiger partial charge in [-0.05, 0) is 23.4 Å². The number of cyclic esters (lactones) is 1. The van der Waals surface area contributed by atoms with Crippen molar-refractivity contribution in [2.75, 3.05) is 38.1 Å². The Hall–Kier alpha value is -1.80. The predicted molar refractivity (Wildman–Crippen MR) is 84.0 cm³/mol. The second-order valence-corrected chi connectivity index (χ2v) is 6.51. The summed E-state index contributed by atoms with van der Waals surface area (Å²) in [5, 5.41) is 2.83. The molecule has 0 saturated carbocycles. The normalized spacial score (nSPS) is 22.5. The lowest BCUT2D eigenvalue weighted by atomic mass is 10.2. The van der Waals surface area contributed by atoms with Gasteiger partial charge >= 0.3 is 12.1 Å². The largest absolute Gasteiger partial charge is 0.443 e. The van der Waals surface area contributed by atoms with E-state index in [0.717, 1.165) is 30.1 Å².